The molecule has 2 amide bonds. The molecule has 23 heavy (non-hydrogen) atoms. The largest absolute Gasteiger partial charge is 0.295 e. The van der Waals surface area contributed by atoms with Crippen molar-refractivity contribution in [3.8, 4) is 0 Å². The van der Waals surface area contributed by atoms with Crippen LogP contribution in [-0.4, -0.2) is 29.2 Å². The second-order valence-electron chi connectivity index (χ2n) is 5.97. The van der Waals surface area contributed by atoms with Gasteiger partial charge in [-0.25, -0.2) is 4.98 Å². The Morgan fingerprint density at radius 1 is 1.35 bits per heavy atom. The van der Waals surface area contributed by atoms with Gasteiger partial charge in [-0.1, -0.05) is 11.6 Å². The maximum absolute atomic E-state index is 12.9. The van der Waals surface area contributed by atoms with Crippen LogP contribution in [0, 0.1) is 6.92 Å². The van der Waals surface area contributed by atoms with Crippen molar-refractivity contribution in [2.24, 2.45) is 0 Å². The van der Waals surface area contributed by atoms with E-state index >= 15 is 0 Å². The summed E-state index contributed by atoms with van der Waals surface area (Å²) in [5.41, 5.74) is -0.963. The molecule has 1 unspecified atom stereocenters. The monoisotopic (exact) mass is 331 g/mol. The average molecular weight is 332 g/mol. The number of benzene rings is 1. The molecule has 0 saturated carbocycles. The lowest BCUT2D eigenvalue weighted by atomic mass is 9.73. The molecule has 8 heteroatoms. The average Bonchev–Trinajstić information content (AvgIpc) is 2.58. The number of aryl methyl sites for hydroxylation is 1. The van der Waals surface area contributed by atoms with E-state index in [2.05, 4.69) is 10.3 Å². The minimum absolute atomic E-state index is 0.270. The Bertz CT molecular complexity index is 895. The molecule has 0 radical (unpaired) electrons. The standard InChI is InChI=1S/C15H15BClN3O3/c1-8-18-11-7-9(17)4-5-10(11)13(22)20(8)15(16)6-2-3-12(21)19-14(15)23/h4-5,7H,2-3,6,16H2,1H3,(H,19,21,23). The molecule has 1 aliphatic rings. The maximum atomic E-state index is 12.9. The third-order valence-corrected chi connectivity index (χ3v) is 4.54. The smallest absolute Gasteiger partial charge is 0.261 e. The van der Waals surface area contributed by atoms with Crippen LogP contribution in [0.25, 0.3) is 10.9 Å². The minimum atomic E-state index is -1.14. The van der Waals surface area contributed by atoms with Crippen LogP contribution in [0.2, 0.25) is 5.02 Å². The highest BCUT2D eigenvalue weighted by Crippen LogP contribution is 2.24. The topological polar surface area (TPSA) is 81.1 Å². The summed E-state index contributed by atoms with van der Waals surface area (Å²) in [5, 5.41) is 3.24. The minimum Gasteiger partial charge on any atom is -0.295 e. The van der Waals surface area contributed by atoms with Gasteiger partial charge < -0.3 is 0 Å². The molecule has 1 atom stereocenters. The van der Waals surface area contributed by atoms with Gasteiger partial charge >= 0.3 is 0 Å². The predicted molar refractivity (Wildman–Crippen MR) is 89.3 cm³/mol. The van der Waals surface area contributed by atoms with E-state index in [1.165, 1.54) is 4.57 Å². The third kappa shape index (κ3) is 2.55. The molecule has 118 valence electrons. The number of rotatable bonds is 1. The molecule has 1 N–H and O–H groups in total. The lowest BCUT2D eigenvalue weighted by Gasteiger charge is -2.30. The fourth-order valence-corrected chi connectivity index (χ4v) is 3.26. The van der Waals surface area contributed by atoms with Crippen molar-refractivity contribution < 1.29 is 9.59 Å². The van der Waals surface area contributed by atoms with E-state index in [-0.39, 0.29) is 17.9 Å². The quantitative estimate of drug-likeness (QED) is 0.608. The molecule has 1 aliphatic heterocycles. The first-order chi connectivity index (χ1) is 10.8. The lowest BCUT2D eigenvalue weighted by Crippen LogP contribution is -2.54. The molecule has 0 spiro atoms. The number of hydrogen-bond donors (Lipinski definition) is 1. The van der Waals surface area contributed by atoms with Crippen molar-refractivity contribution in [3.63, 3.8) is 0 Å². The number of nitrogens with one attached hydrogen (secondary N) is 1. The zero-order valence-corrected chi connectivity index (χ0v) is 13.6. The van der Waals surface area contributed by atoms with E-state index < -0.39 is 11.3 Å². The summed E-state index contributed by atoms with van der Waals surface area (Å²) < 4.78 is 1.39. The van der Waals surface area contributed by atoms with Crippen molar-refractivity contribution in [1.82, 2.24) is 14.9 Å². The highest BCUT2D eigenvalue weighted by atomic mass is 35.5. The van der Waals surface area contributed by atoms with Crippen LogP contribution in [0.5, 0.6) is 0 Å². The molecule has 3 rings (SSSR count). The first-order valence-electron chi connectivity index (χ1n) is 7.36. The number of carbonyl (C=O) groups is 2. The van der Waals surface area contributed by atoms with E-state index in [0.717, 1.165) is 0 Å². The van der Waals surface area contributed by atoms with Gasteiger partial charge in [0.1, 0.15) is 13.7 Å². The number of imide groups is 1. The molecule has 0 aliphatic carbocycles. The zero-order chi connectivity index (χ0) is 16.8. The Labute approximate surface area is 138 Å². The van der Waals surface area contributed by atoms with Gasteiger partial charge in [0.25, 0.3) is 5.56 Å². The van der Waals surface area contributed by atoms with Gasteiger partial charge in [-0.05, 0) is 38.0 Å². The van der Waals surface area contributed by atoms with Crippen molar-refractivity contribution in [1.29, 1.82) is 0 Å². The summed E-state index contributed by atoms with van der Waals surface area (Å²) >= 11 is 5.95. The van der Waals surface area contributed by atoms with Crippen LogP contribution >= 0.6 is 11.6 Å². The summed E-state index contributed by atoms with van der Waals surface area (Å²) in [6, 6.07) is 4.84. The Balaban J connectivity index is 2.26. The van der Waals surface area contributed by atoms with Gasteiger partial charge in [-0.2, -0.15) is 0 Å². The van der Waals surface area contributed by atoms with Gasteiger partial charge in [0, 0.05) is 11.4 Å². The van der Waals surface area contributed by atoms with Crippen LogP contribution in [0.3, 0.4) is 0 Å². The molecule has 1 saturated heterocycles. The third-order valence-electron chi connectivity index (χ3n) is 4.30. The number of amides is 2. The molecule has 1 fully saturated rings. The molecule has 6 nitrogen and oxygen atoms in total. The van der Waals surface area contributed by atoms with Gasteiger partial charge in [0.05, 0.1) is 16.3 Å². The van der Waals surface area contributed by atoms with E-state index in [4.69, 9.17) is 11.6 Å². The normalized spacial score (nSPS) is 22.0. The Kier molecular flexibility index (Phi) is 3.76. The number of fused-ring (bicyclic) bond motifs is 1. The highest BCUT2D eigenvalue weighted by Gasteiger charge is 2.39. The summed E-state index contributed by atoms with van der Waals surface area (Å²) in [6.07, 6.45) is 1.19. The molecular formula is C15H15BClN3O3. The van der Waals surface area contributed by atoms with E-state index in [0.29, 0.717) is 34.6 Å². The van der Waals surface area contributed by atoms with Crippen molar-refractivity contribution >= 4 is 42.2 Å². The summed E-state index contributed by atoms with van der Waals surface area (Å²) in [5.74, 6) is -0.373. The molecule has 1 aromatic heterocycles. The molecule has 1 aromatic carbocycles. The first kappa shape index (κ1) is 15.7. The van der Waals surface area contributed by atoms with E-state index in [9.17, 15) is 14.4 Å². The van der Waals surface area contributed by atoms with Crippen LogP contribution in [0.4, 0.5) is 0 Å². The number of aromatic nitrogens is 2. The first-order valence-corrected chi connectivity index (χ1v) is 7.74. The Morgan fingerprint density at radius 2 is 2.09 bits per heavy atom. The molecule has 0 bridgehead atoms. The number of halogens is 1. The van der Waals surface area contributed by atoms with E-state index in [1.54, 1.807) is 33.0 Å². The zero-order valence-electron chi connectivity index (χ0n) is 12.9. The highest BCUT2D eigenvalue weighted by molar-refractivity contribution is 6.31. The number of nitrogens with zero attached hydrogens (tertiary/aromatic N) is 2. The molecular weight excluding hydrogens is 316 g/mol. The Hall–Kier alpha value is -2.15. The molecule has 2 aromatic rings. The second kappa shape index (κ2) is 5.49. The predicted octanol–water partition coefficient (Wildman–Crippen LogP) is 0.471. The van der Waals surface area contributed by atoms with Crippen molar-refractivity contribution in [2.75, 3.05) is 0 Å². The van der Waals surface area contributed by atoms with Gasteiger partial charge in [0.15, 0.2) is 0 Å². The summed E-state index contributed by atoms with van der Waals surface area (Å²) in [7, 11) is 1.67. The Morgan fingerprint density at radius 3 is 2.83 bits per heavy atom. The number of carbonyl (C=O) groups excluding carboxylic acids is 2. The van der Waals surface area contributed by atoms with Crippen molar-refractivity contribution in [2.45, 2.75) is 31.6 Å². The van der Waals surface area contributed by atoms with Gasteiger partial charge in [-0.15, -0.1) is 0 Å². The van der Waals surface area contributed by atoms with Crippen LogP contribution in [-0.2, 0) is 15.0 Å². The van der Waals surface area contributed by atoms with Crippen molar-refractivity contribution in [3.05, 3.63) is 39.4 Å². The summed E-state index contributed by atoms with van der Waals surface area (Å²) in [4.78, 5) is 41.4. The SMILES string of the molecule is BC1(n2c(C)nc3cc(Cl)ccc3c2=O)CCCC(=O)NC1=O. The van der Waals surface area contributed by atoms with Gasteiger partial charge in [-0.3, -0.25) is 24.3 Å². The van der Waals surface area contributed by atoms with Crippen LogP contribution < -0.4 is 10.9 Å². The lowest BCUT2D eigenvalue weighted by molar-refractivity contribution is -0.132. The van der Waals surface area contributed by atoms with Crippen LogP contribution in [0.1, 0.15) is 25.1 Å². The summed E-state index contributed by atoms with van der Waals surface area (Å²) in [6.45, 7) is 1.67. The fourth-order valence-electron chi connectivity index (χ4n) is 3.09. The van der Waals surface area contributed by atoms with E-state index in [1.807, 2.05) is 0 Å². The maximum Gasteiger partial charge on any atom is 0.261 e. The fraction of sp³-hybridized carbons (Fsp3) is 0.333. The molecule has 2 heterocycles. The second-order valence-corrected chi connectivity index (χ2v) is 6.40. The number of hydrogen-bond acceptors (Lipinski definition) is 4. The van der Waals surface area contributed by atoms with Gasteiger partial charge in [0.2, 0.25) is 11.8 Å². The van der Waals surface area contributed by atoms with Crippen LogP contribution in [0.15, 0.2) is 23.0 Å².